The summed E-state index contributed by atoms with van der Waals surface area (Å²) in [4.78, 5) is 0. The molecule has 0 radical (unpaired) electrons. The Hall–Kier alpha value is -1.35. The average molecular weight is 265 g/mol. The van der Waals surface area contributed by atoms with Crippen LogP contribution in [0.25, 0.3) is 0 Å². The van der Waals surface area contributed by atoms with E-state index >= 15 is 0 Å². The summed E-state index contributed by atoms with van der Waals surface area (Å²) in [7, 11) is 1.94. The second kappa shape index (κ2) is 4.39. The van der Waals surface area contributed by atoms with Crippen LogP contribution in [0.3, 0.4) is 0 Å². The Kier molecular flexibility index (Phi) is 2.86. The lowest BCUT2D eigenvalue weighted by molar-refractivity contribution is 0.541. The van der Waals surface area contributed by atoms with Crippen LogP contribution in [0.4, 0.5) is 4.39 Å². The number of aryl methyl sites for hydroxylation is 1. The molecule has 1 aromatic heterocycles. The smallest absolute Gasteiger partial charge is 0.123 e. The van der Waals surface area contributed by atoms with Crippen LogP contribution in [-0.2, 0) is 13.5 Å². The van der Waals surface area contributed by atoms with Gasteiger partial charge >= 0.3 is 0 Å². The number of hydrogen-bond donors (Lipinski definition) is 0. The Morgan fingerprint density at radius 1 is 1.33 bits per heavy atom. The molecule has 2 aromatic rings. The van der Waals surface area contributed by atoms with Gasteiger partial charge in [0.25, 0.3) is 0 Å². The first kappa shape index (κ1) is 11.7. The number of benzene rings is 1. The molecule has 2 nitrogen and oxygen atoms in total. The normalized spacial score (nSPS) is 22.8. The molecule has 3 rings (SSSR count). The minimum atomic E-state index is -0.196. The zero-order valence-corrected chi connectivity index (χ0v) is 10.9. The van der Waals surface area contributed by atoms with E-state index in [2.05, 4.69) is 5.10 Å². The Labute approximate surface area is 110 Å². The van der Waals surface area contributed by atoms with E-state index in [0.29, 0.717) is 5.92 Å². The highest BCUT2D eigenvalue weighted by Crippen LogP contribution is 2.41. The quantitative estimate of drug-likeness (QED) is 0.720. The summed E-state index contributed by atoms with van der Waals surface area (Å²) in [6, 6.07) is 6.73. The van der Waals surface area contributed by atoms with E-state index in [-0.39, 0.29) is 11.2 Å². The lowest BCUT2D eigenvalue weighted by Gasteiger charge is -2.26. The molecule has 18 heavy (non-hydrogen) atoms. The van der Waals surface area contributed by atoms with Crippen molar-refractivity contribution in [1.29, 1.82) is 0 Å². The number of fused-ring (bicyclic) bond motifs is 1. The van der Waals surface area contributed by atoms with Gasteiger partial charge in [-0.05, 0) is 36.5 Å². The molecule has 0 spiro atoms. The second-order valence-corrected chi connectivity index (χ2v) is 5.35. The highest BCUT2D eigenvalue weighted by atomic mass is 35.5. The van der Waals surface area contributed by atoms with Crippen LogP contribution in [0.15, 0.2) is 30.5 Å². The van der Waals surface area contributed by atoms with Crippen molar-refractivity contribution in [2.24, 2.45) is 7.05 Å². The lowest BCUT2D eigenvalue weighted by Crippen LogP contribution is -2.16. The summed E-state index contributed by atoms with van der Waals surface area (Å²) in [6.07, 6.45) is 3.65. The van der Waals surface area contributed by atoms with Crippen LogP contribution in [0.2, 0.25) is 0 Å². The van der Waals surface area contributed by atoms with E-state index in [9.17, 15) is 4.39 Å². The lowest BCUT2D eigenvalue weighted by atomic mass is 9.83. The minimum Gasteiger partial charge on any atom is -0.272 e. The summed E-state index contributed by atoms with van der Waals surface area (Å²) in [5.74, 6) is 0.147. The van der Waals surface area contributed by atoms with Crippen molar-refractivity contribution in [3.05, 3.63) is 53.1 Å². The third-order valence-corrected chi connectivity index (χ3v) is 4.12. The topological polar surface area (TPSA) is 17.8 Å². The molecule has 0 saturated carbocycles. The first-order chi connectivity index (χ1) is 8.65. The van der Waals surface area contributed by atoms with Gasteiger partial charge in [0, 0.05) is 18.3 Å². The summed E-state index contributed by atoms with van der Waals surface area (Å²) in [6.45, 7) is 0. The fourth-order valence-corrected chi connectivity index (χ4v) is 3.07. The van der Waals surface area contributed by atoms with Crippen molar-refractivity contribution >= 4 is 11.6 Å². The summed E-state index contributed by atoms with van der Waals surface area (Å²) >= 11 is 6.41. The molecule has 0 fully saturated rings. The molecule has 1 aliphatic carbocycles. The second-order valence-electron chi connectivity index (χ2n) is 4.83. The van der Waals surface area contributed by atoms with Crippen molar-refractivity contribution in [3.8, 4) is 0 Å². The van der Waals surface area contributed by atoms with Gasteiger partial charge in [-0.15, -0.1) is 11.6 Å². The van der Waals surface area contributed by atoms with Gasteiger partial charge in [-0.2, -0.15) is 5.10 Å². The Balaban J connectivity index is 1.93. The molecule has 1 aromatic carbocycles. The van der Waals surface area contributed by atoms with E-state index in [1.165, 1.54) is 17.8 Å². The van der Waals surface area contributed by atoms with Gasteiger partial charge in [0.2, 0.25) is 0 Å². The SMILES string of the molecule is Cn1ncc2c1CC(c1ccc(F)cc1)CC2Cl. The highest BCUT2D eigenvalue weighted by molar-refractivity contribution is 6.21. The maximum atomic E-state index is 12.9. The largest absolute Gasteiger partial charge is 0.272 e. The standard InChI is InChI=1S/C14H14ClFN2/c1-18-14-7-10(6-13(15)12(14)8-17-18)9-2-4-11(16)5-3-9/h2-5,8,10,13H,6-7H2,1H3. The van der Waals surface area contributed by atoms with Crippen LogP contribution in [0, 0.1) is 5.82 Å². The van der Waals surface area contributed by atoms with Crippen molar-refractivity contribution in [2.45, 2.75) is 24.1 Å². The molecular formula is C14H14ClFN2. The van der Waals surface area contributed by atoms with Gasteiger partial charge in [0.15, 0.2) is 0 Å². The Bertz CT molecular complexity index is 562. The van der Waals surface area contributed by atoms with Crippen LogP contribution >= 0.6 is 11.6 Å². The molecule has 2 unspecified atom stereocenters. The van der Waals surface area contributed by atoms with Crippen LogP contribution in [0.1, 0.15) is 34.5 Å². The summed E-state index contributed by atoms with van der Waals surface area (Å²) < 4.78 is 14.8. The van der Waals surface area contributed by atoms with Gasteiger partial charge in [-0.1, -0.05) is 12.1 Å². The van der Waals surface area contributed by atoms with Gasteiger partial charge in [0.1, 0.15) is 5.82 Å². The van der Waals surface area contributed by atoms with E-state index < -0.39 is 0 Å². The maximum absolute atomic E-state index is 12.9. The molecular weight excluding hydrogens is 251 g/mol. The predicted octanol–water partition coefficient (Wildman–Crippen LogP) is 3.57. The third-order valence-electron chi connectivity index (χ3n) is 3.70. The molecule has 0 N–H and O–H groups in total. The first-order valence-electron chi connectivity index (χ1n) is 6.05. The zero-order valence-electron chi connectivity index (χ0n) is 10.1. The molecule has 94 valence electrons. The number of nitrogens with zero attached hydrogens (tertiary/aromatic N) is 2. The molecule has 0 bridgehead atoms. The zero-order chi connectivity index (χ0) is 12.7. The first-order valence-corrected chi connectivity index (χ1v) is 6.49. The number of rotatable bonds is 1. The van der Waals surface area contributed by atoms with Crippen LogP contribution in [-0.4, -0.2) is 9.78 Å². The Morgan fingerprint density at radius 3 is 2.78 bits per heavy atom. The van der Waals surface area contributed by atoms with Crippen LogP contribution in [0.5, 0.6) is 0 Å². The number of hydrogen-bond acceptors (Lipinski definition) is 1. The van der Waals surface area contributed by atoms with E-state index in [1.54, 1.807) is 0 Å². The fourth-order valence-electron chi connectivity index (χ4n) is 2.67. The number of aromatic nitrogens is 2. The molecule has 2 atom stereocenters. The van der Waals surface area contributed by atoms with E-state index in [0.717, 1.165) is 24.0 Å². The molecule has 1 aliphatic rings. The maximum Gasteiger partial charge on any atom is 0.123 e. The monoisotopic (exact) mass is 264 g/mol. The highest BCUT2D eigenvalue weighted by Gasteiger charge is 2.29. The number of halogens is 2. The summed E-state index contributed by atoms with van der Waals surface area (Å²) in [5.41, 5.74) is 3.47. The minimum absolute atomic E-state index is 0.00231. The average Bonchev–Trinajstić information content (AvgIpc) is 2.73. The molecule has 1 heterocycles. The van der Waals surface area contributed by atoms with Gasteiger partial charge < -0.3 is 0 Å². The molecule has 0 aliphatic heterocycles. The van der Waals surface area contributed by atoms with Crippen molar-refractivity contribution < 1.29 is 4.39 Å². The van der Waals surface area contributed by atoms with Crippen molar-refractivity contribution in [3.63, 3.8) is 0 Å². The van der Waals surface area contributed by atoms with Crippen molar-refractivity contribution in [2.75, 3.05) is 0 Å². The molecule has 0 amide bonds. The van der Waals surface area contributed by atoms with Crippen LogP contribution < -0.4 is 0 Å². The summed E-state index contributed by atoms with van der Waals surface area (Å²) in [5, 5.41) is 4.26. The van der Waals surface area contributed by atoms with E-state index in [4.69, 9.17) is 11.6 Å². The van der Waals surface area contributed by atoms with E-state index in [1.807, 2.05) is 30.1 Å². The number of alkyl halides is 1. The van der Waals surface area contributed by atoms with Gasteiger partial charge in [-0.25, -0.2) is 4.39 Å². The molecule has 0 saturated heterocycles. The Morgan fingerprint density at radius 2 is 2.06 bits per heavy atom. The fraction of sp³-hybridized carbons (Fsp3) is 0.357. The third kappa shape index (κ3) is 1.93. The molecule has 4 heteroatoms. The van der Waals surface area contributed by atoms with Gasteiger partial charge in [0.05, 0.1) is 11.6 Å². The van der Waals surface area contributed by atoms with Crippen molar-refractivity contribution in [1.82, 2.24) is 9.78 Å². The predicted molar refractivity (Wildman–Crippen MR) is 69.3 cm³/mol. The van der Waals surface area contributed by atoms with Gasteiger partial charge in [-0.3, -0.25) is 4.68 Å².